The van der Waals surface area contributed by atoms with Crippen LogP contribution < -0.4 is 4.90 Å². The van der Waals surface area contributed by atoms with Gasteiger partial charge in [0.15, 0.2) is 0 Å². The van der Waals surface area contributed by atoms with E-state index in [1.807, 2.05) is 49.4 Å². The first-order chi connectivity index (χ1) is 12.0. The highest BCUT2D eigenvalue weighted by Crippen LogP contribution is 2.37. The topological polar surface area (TPSA) is 57.6 Å². The Kier molecular flexibility index (Phi) is 4.67. The first kappa shape index (κ1) is 16.9. The molecule has 1 heterocycles. The number of carboxylic acid groups (broad SMARTS) is 1. The Morgan fingerprint density at radius 2 is 1.72 bits per heavy atom. The molecule has 2 aromatic carbocycles. The van der Waals surface area contributed by atoms with E-state index in [1.165, 1.54) is 16.2 Å². The lowest BCUT2D eigenvalue weighted by atomic mass is 10.1. The minimum Gasteiger partial charge on any atom is -0.477 e. The molecule has 0 bridgehead atoms. The van der Waals surface area contributed by atoms with Crippen LogP contribution in [0.5, 0.6) is 0 Å². The molecule has 0 unspecified atom stereocenters. The van der Waals surface area contributed by atoms with Crippen LogP contribution in [-0.2, 0) is 0 Å². The van der Waals surface area contributed by atoms with E-state index in [-0.39, 0.29) is 10.8 Å². The molecule has 0 aliphatic heterocycles. The third kappa shape index (κ3) is 3.46. The van der Waals surface area contributed by atoms with Gasteiger partial charge < -0.3 is 10.0 Å². The van der Waals surface area contributed by atoms with Gasteiger partial charge in [0.25, 0.3) is 5.91 Å². The average molecular weight is 351 g/mol. The molecule has 3 aromatic rings. The summed E-state index contributed by atoms with van der Waals surface area (Å²) in [5.41, 5.74) is 2.85. The zero-order valence-corrected chi connectivity index (χ0v) is 14.7. The molecule has 1 N–H and O–H groups in total. The van der Waals surface area contributed by atoms with Crippen LogP contribution in [0.15, 0.2) is 60.7 Å². The first-order valence-electron chi connectivity index (χ1n) is 7.74. The summed E-state index contributed by atoms with van der Waals surface area (Å²) in [4.78, 5) is 26.8. The number of hydrogen-bond acceptors (Lipinski definition) is 3. The summed E-state index contributed by atoms with van der Waals surface area (Å²) in [5, 5.41) is 9.54. The van der Waals surface area contributed by atoms with Gasteiger partial charge in [0, 0.05) is 17.5 Å². The van der Waals surface area contributed by atoms with Crippen molar-refractivity contribution in [2.45, 2.75) is 6.92 Å². The number of anilines is 1. The van der Waals surface area contributed by atoms with E-state index >= 15 is 0 Å². The number of aryl methyl sites for hydroxylation is 1. The first-order valence-corrected chi connectivity index (χ1v) is 8.56. The van der Waals surface area contributed by atoms with Crippen LogP contribution >= 0.6 is 11.3 Å². The fourth-order valence-electron chi connectivity index (χ4n) is 2.61. The van der Waals surface area contributed by atoms with Gasteiger partial charge in [-0.15, -0.1) is 11.3 Å². The quantitative estimate of drug-likeness (QED) is 0.741. The van der Waals surface area contributed by atoms with Crippen molar-refractivity contribution >= 4 is 28.9 Å². The van der Waals surface area contributed by atoms with E-state index < -0.39 is 5.97 Å². The number of rotatable bonds is 4. The molecule has 0 atom stereocenters. The second-order valence-corrected chi connectivity index (χ2v) is 6.78. The lowest BCUT2D eigenvalue weighted by molar-refractivity contribution is 0.0703. The molecule has 0 saturated heterocycles. The molecule has 0 spiro atoms. The van der Waals surface area contributed by atoms with Crippen molar-refractivity contribution in [3.8, 4) is 10.4 Å². The van der Waals surface area contributed by atoms with Crippen molar-refractivity contribution in [3.63, 3.8) is 0 Å². The van der Waals surface area contributed by atoms with Crippen LogP contribution in [0.3, 0.4) is 0 Å². The van der Waals surface area contributed by atoms with Gasteiger partial charge in [-0.3, -0.25) is 4.79 Å². The molecule has 3 rings (SSSR count). The molecule has 4 nitrogen and oxygen atoms in total. The van der Waals surface area contributed by atoms with Gasteiger partial charge in [-0.05, 0) is 30.7 Å². The van der Waals surface area contributed by atoms with E-state index in [2.05, 4.69) is 0 Å². The van der Waals surface area contributed by atoms with Crippen LogP contribution in [0.1, 0.15) is 25.6 Å². The second kappa shape index (κ2) is 6.91. The maximum absolute atomic E-state index is 12.8. The number of carboxylic acids is 1. The lowest BCUT2D eigenvalue weighted by Gasteiger charge is -2.17. The Morgan fingerprint density at radius 3 is 2.36 bits per heavy atom. The zero-order valence-electron chi connectivity index (χ0n) is 13.9. The molecule has 0 fully saturated rings. The predicted octanol–water partition coefficient (Wildman–Crippen LogP) is 4.70. The number of hydrogen-bond donors (Lipinski definition) is 1. The monoisotopic (exact) mass is 351 g/mol. The number of thiophene rings is 1. The summed E-state index contributed by atoms with van der Waals surface area (Å²) < 4.78 is 0. The molecule has 0 saturated carbocycles. The van der Waals surface area contributed by atoms with E-state index in [9.17, 15) is 14.7 Å². The number of aromatic carboxylic acids is 1. The maximum atomic E-state index is 12.8. The normalized spacial score (nSPS) is 10.5. The van der Waals surface area contributed by atoms with Gasteiger partial charge in [0.2, 0.25) is 0 Å². The predicted molar refractivity (Wildman–Crippen MR) is 101 cm³/mol. The van der Waals surface area contributed by atoms with Crippen molar-refractivity contribution < 1.29 is 14.7 Å². The second-order valence-electron chi connectivity index (χ2n) is 5.73. The minimum atomic E-state index is -1.04. The summed E-state index contributed by atoms with van der Waals surface area (Å²) >= 11 is 1.17. The van der Waals surface area contributed by atoms with Crippen molar-refractivity contribution in [1.29, 1.82) is 0 Å². The molecule has 0 aliphatic carbocycles. The Labute approximate surface area is 150 Å². The van der Waals surface area contributed by atoms with Crippen molar-refractivity contribution in [2.24, 2.45) is 0 Å². The number of nitrogens with zero attached hydrogens (tertiary/aromatic N) is 1. The van der Waals surface area contributed by atoms with E-state index in [0.717, 1.165) is 16.0 Å². The molecule has 25 heavy (non-hydrogen) atoms. The zero-order chi connectivity index (χ0) is 18.0. The van der Waals surface area contributed by atoms with Gasteiger partial charge in [-0.25, -0.2) is 4.79 Å². The summed E-state index contributed by atoms with van der Waals surface area (Å²) in [7, 11) is 1.61. The number of benzene rings is 2. The van der Waals surface area contributed by atoms with Crippen molar-refractivity contribution in [3.05, 3.63) is 76.7 Å². The summed E-state index contributed by atoms with van der Waals surface area (Å²) in [6.07, 6.45) is 0. The highest BCUT2D eigenvalue weighted by atomic mass is 32.1. The van der Waals surface area contributed by atoms with Crippen LogP contribution in [0.2, 0.25) is 0 Å². The number of carbonyl (C=O) groups is 2. The smallest absolute Gasteiger partial charge is 0.348 e. The molecule has 126 valence electrons. The average Bonchev–Trinajstić information content (AvgIpc) is 3.07. The molecular weight excluding hydrogens is 334 g/mol. The maximum Gasteiger partial charge on any atom is 0.348 e. The Morgan fingerprint density at radius 1 is 1.00 bits per heavy atom. The van der Waals surface area contributed by atoms with Gasteiger partial charge in [-0.1, -0.05) is 48.0 Å². The molecule has 0 radical (unpaired) electrons. The minimum absolute atomic E-state index is 0.155. The molecule has 1 amide bonds. The van der Waals surface area contributed by atoms with Gasteiger partial charge >= 0.3 is 5.97 Å². The highest BCUT2D eigenvalue weighted by Gasteiger charge is 2.23. The van der Waals surface area contributed by atoms with Crippen molar-refractivity contribution in [1.82, 2.24) is 0 Å². The lowest BCUT2D eigenvalue weighted by Crippen LogP contribution is -2.27. The van der Waals surface area contributed by atoms with Crippen LogP contribution in [-0.4, -0.2) is 24.0 Å². The molecule has 0 aliphatic rings. The van der Waals surface area contributed by atoms with Gasteiger partial charge in [0.1, 0.15) is 4.88 Å². The third-order valence-corrected chi connectivity index (χ3v) is 5.06. The standard InChI is InChI=1S/C20H17NO3S/c1-13-7-6-10-15(11-13)19(22)21(2)16-12-17(25-18(16)20(23)24)14-8-4-3-5-9-14/h3-12H,1-2H3,(H,23,24). The highest BCUT2D eigenvalue weighted by molar-refractivity contribution is 7.18. The Hall–Kier alpha value is -2.92. The third-order valence-electron chi connectivity index (χ3n) is 3.90. The van der Waals surface area contributed by atoms with E-state index in [0.29, 0.717) is 11.3 Å². The fraction of sp³-hybridized carbons (Fsp3) is 0.100. The molecular formula is C20H17NO3S. The van der Waals surface area contributed by atoms with Crippen LogP contribution in [0.4, 0.5) is 5.69 Å². The SMILES string of the molecule is Cc1cccc(C(=O)N(C)c2cc(-c3ccccc3)sc2C(=O)O)c1. The van der Waals surface area contributed by atoms with Crippen molar-refractivity contribution in [2.75, 3.05) is 11.9 Å². The Balaban J connectivity index is 2.02. The summed E-state index contributed by atoms with van der Waals surface area (Å²) in [5.74, 6) is -1.27. The largest absolute Gasteiger partial charge is 0.477 e. The molecule has 1 aromatic heterocycles. The van der Waals surface area contributed by atoms with E-state index in [4.69, 9.17) is 0 Å². The van der Waals surface area contributed by atoms with Gasteiger partial charge in [-0.2, -0.15) is 0 Å². The number of amides is 1. The van der Waals surface area contributed by atoms with Gasteiger partial charge in [0.05, 0.1) is 5.69 Å². The number of carbonyl (C=O) groups excluding carboxylic acids is 1. The Bertz CT molecular complexity index is 931. The van der Waals surface area contributed by atoms with E-state index in [1.54, 1.807) is 25.2 Å². The fourth-order valence-corrected chi connectivity index (χ4v) is 3.64. The summed E-state index contributed by atoms with van der Waals surface area (Å²) in [6.45, 7) is 1.91. The van der Waals surface area contributed by atoms with Crippen LogP contribution in [0.25, 0.3) is 10.4 Å². The summed E-state index contributed by atoms with van der Waals surface area (Å²) in [6, 6.07) is 18.6. The van der Waals surface area contributed by atoms with Crippen LogP contribution in [0, 0.1) is 6.92 Å². The molecule has 5 heteroatoms.